The number of thiophene rings is 1. The Morgan fingerprint density at radius 3 is 2.47 bits per heavy atom. The molecule has 8 heteroatoms. The molecule has 3 N–H and O–H groups in total. The topological polar surface area (TPSA) is 104 Å². The van der Waals surface area contributed by atoms with Crippen molar-refractivity contribution in [1.82, 2.24) is 5.32 Å². The lowest BCUT2D eigenvalue weighted by Gasteiger charge is -2.11. The monoisotopic (exact) mass is 369 g/mol. The van der Waals surface area contributed by atoms with Gasteiger partial charge in [0.2, 0.25) is 0 Å². The molecule has 0 saturated carbocycles. The molecule has 0 fully saturated rings. The van der Waals surface area contributed by atoms with Gasteiger partial charge in [0.1, 0.15) is 6.04 Å². The number of carbonyl (C=O) groups excluding carboxylic acids is 1. The molecule has 0 aliphatic rings. The molecule has 1 rings (SSSR count). The molecule has 1 aromatic rings. The third kappa shape index (κ3) is 4.30. The highest BCUT2D eigenvalue weighted by molar-refractivity contribution is 14.1. The summed E-state index contributed by atoms with van der Waals surface area (Å²) in [6.07, 6.45) is -0.650. The summed E-state index contributed by atoms with van der Waals surface area (Å²) in [6.45, 7) is 0. The van der Waals surface area contributed by atoms with Gasteiger partial charge in [0.15, 0.2) is 0 Å². The smallest absolute Gasteiger partial charge is 0.326 e. The van der Waals surface area contributed by atoms with Crippen LogP contribution in [0.2, 0.25) is 0 Å². The maximum Gasteiger partial charge on any atom is 0.326 e. The van der Waals surface area contributed by atoms with Crippen molar-refractivity contribution >= 4 is 51.8 Å². The van der Waals surface area contributed by atoms with E-state index in [1.54, 1.807) is 11.4 Å². The summed E-state index contributed by atoms with van der Waals surface area (Å²) in [5.41, 5.74) is 0.330. The van der Waals surface area contributed by atoms with Crippen molar-refractivity contribution < 1.29 is 24.6 Å². The number of halogens is 1. The fraction of sp³-hybridized carbons (Fsp3) is 0.222. The fourth-order valence-electron chi connectivity index (χ4n) is 1.05. The molecular weight excluding hydrogens is 361 g/mol. The van der Waals surface area contributed by atoms with E-state index in [2.05, 4.69) is 5.32 Å². The highest BCUT2D eigenvalue weighted by atomic mass is 127. The molecule has 0 spiro atoms. The fourth-order valence-corrected chi connectivity index (χ4v) is 2.37. The minimum atomic E-state index is -1.42. The summed E-state index contributed by atoms with van der Waals surface area (Å²) < 4.78 is 0.887. The van der Waals surface area contributed by atoms with E-state index in [0.717, 1.165) is 2.88 Å². The van der Waals surface area contributed by atoms with Crippen LogP contribution in [-0.4, -0.2) is 34.1 Å². The number of carbonyl (C=O) groups is 3. The largest absolute Gasteiger partial charge is 0.481 e. The van der Waals surface area contributed by atoms with E-state index in [1.807, 2.05) is 22.6 Å². The number of hydrogen-bond donors (Lipinski definition) is 3. The number of nitrogens with one attached hydrogen (secondary N) is 1. The van der Waals surface area contributed by atoms with Crippen LogP contribution in [0, 0.1) is 2.88 Å². The molecular formula is C9H8INO5S. The number of aliphatic carboxylic acids is 2. The second kappa shape index (κ2) is 5.96. The lowest BCUT2D eigenvalue weighted by atomic mass is 10.2. The number of hydrogen-bond acceptors (Lipinski definition) is 4. The van der Waals surface area contributed by atoms with E-state index in [1.165, 1.54) is 11.3 Å². The van der Waals surface area contributed by atoms with Gasteiger partial charge < -0.3 is 15.5 Å². The first-order chi connectivity index (χ1) is 7.90. The van der Waals surface area contributed by atoms with E-state index in [0.29, 0.717) is 5.56 Å². The summed E-state index contributed by atoms with van der Waals surface area (Å²) >= 11 is 3.37. The molecule has 0 aliphatic heterocycles. The second-order valence-corrected chi connectivity index (χ2v) is 5.91. The molecule has 1 heterocycles. The van der Waals surface area contributed by atoms with Crippen molar-refractivity contribution in [1.29, 1.82) is 0 Å². The van der Waals surface area contributed by atoms with Gasteiger partial charge in [0.05, 0.1) is 14.9 Å². The summed E-state index contributed by atoms with van der Waals surface area (Å²) in [6, 6.07) is 0.179. The van der Waals surface area contributed by atoms with Gasteiger partial charge in [-0.2, -0.15) is 0 Å². The molecule has 0 radical (unpaired) electrons. The van der Waals surface area contributed by atoms with Crippen LogP contribution in [0.3, 0.4) is 0 Å². The van der Waals surface area contributed by atoms with Gasteiger partial charge in [-0.1, -0.05) is 0 Å². The SMILES string of the molecule is O=C(O)CC(NC(=O)c1csc(I)c1)C(=O)O. The first kappa shape index (κ1) is 13.9. The number of amides is 1. The van der Waals surface area contributed by atoms with Crippen LogP contribution >= 0.6 is 33.9 Å². The Bertz CT molecular complexity index is 458. The quantitative estimate of drug-likeness (QED) is 0.673. The molecule has 1 atom stereocenters. The first-order valence-electron chi connectivity index (χ1n) is 4.39. The van der Waals surface area contributed by atoms with Crippen LogP contribution < -0.4 is 5.32 Å². The van der Waals surface area contributed by atoms with Crippen LogP contribution in [0.15, 0.2) is 11.4 Å². The third-order valence-electron chi connectivity index (χ3n) is 1.81. The first-order valence-corrected chi connectivity index (χ1v) is 6.35. The van der Waals surface area contributed by atoms with Crippen molar-refractivity contribution in [2.75, 3.05) is 0 Å². The van der Waals surface area contributed by atoms with Crippen molar-refractivity contribution in [2.24, 2.45) is 0 Å². The van der Waals surface area contributed by atoms with E-state index >= 15 is 0 Å². The average Bonchev–Trinajstić information content (AvgIpc) is 2.63. The zero-order valence-electron chi connectivity index (χ0n) is 8.34. The summed E-state index contributed by atoms with van der Waals surface area (Å²) in [5, 5.41) is 21.0. The zero-order chi connectivity index (χ0) is 13.0. The minimum absolute atomic E-state index is 0.330. The molecule has 0 aliphatic carbocycles. The molecule has 6 nitrogen and oxygen atoms in total. The number of rotatable bonds is 5. The van der Waals surface area contributed by atoms with Crippen molar-refractivity contribution in [3.63, 3.8) is 0 Å². The Balaban J connectivity index is 2.70. The van der Waals surface area contributed by atoms with Crippen molar-refractivity contribution in [2.45, 2.75) is 12.5 Å². The Morgan fingerprint density at radius 1 is 1.41 bits per heavy atom. The highest BCUT2D eigenvalue weighted by Crippen LogP contribution is 2.16. The van der Waals surface area contributed by atoms with E-state index < -0.39 is 30.3 Å². The van der Waals surface area contributed by atoms with Crippen LogP contribution in [0.1, 0.15) is 16.8 Å². The standard InChI is InChI=1S/C9H8INO5S/c10-6-1-4(3-17-6)8(14)11-5(9(15)16)2-7(12)13/h1,3,5H,2H2,(H,11,14)(H,12,13)(H,15,16). The Morgan fingerprint density at radius 2 is 2.06 bits per heavy atom. The van der Waals surface area contributed by atoms with E-state index in [4.69, 9.17) is 10.2 Å². The van der Waals surface area contributed by atoms with Crippen LogP contribution in [-0.2, 0) is 9.59 Å². The number of carboxylic acid groups (broad SMARTS) is 2. The van der Waals surface area contributed by atoms with Gasteiger partial charge in [-0.05, 0) is 28.7 Å². The second-order valence-electron chi connectivity index (χ2n) is 3.10. The van der Waals surface area contributed by atoms with Crippen LogP contribution in [0.4, 0.5) is 0 Å². The van der Waals surface area contributed by atoms with Crippen molar-refractivity contribution in [3.05, 3.63) is 19.9 Å². The van der Waals surface area contributed by atoms with E-state index in [-0.39, 0.29) is 0 Å². The zero-order valence-corrected chi connectivity index (χ0v) is 11.3. The summed E-state index contributed by atoms with van der Waals surface area (Å²) in [4.78, 5) is 32.7. The molecule has 0 saturated heterocycles. The van der Waals surface area contributed by atoms with Crippen LogP contribution in [0.5, 0.6) is 0 Å². The maximum absolute atomic E-state index is 11.6. The molecule has 0 aromatic carbocycles. The van der Waals surface area contributed by atoms with Gasteiger partial charge in [-0.3, -0.25) is 9.59 Å². The lowest BCUT2D eigenvalue weighted by molar-refractivity contribution is -0.145. The van der Waals surface area contributed by atoms with Crippen LogP contribution in [0.25, 0.3) is 0 Å². The van der Waals surface area contributed by atoms with Gasteiger partial charge >= 0.3 is 11.9 Å². The molecule has 17 heavy (non-hydrogen) atoms. The molecule has 1 unspecified atom stereocenters. The summed E-state index contributed by atoms with van der Waals surface area (Å²) in [7, 11) is 0. The molecule has 1 amide bonds. The molecule has 0 bridgehead atoms. The Hall–Kier alpha value is -1.16. The maximum atomic E-state index is 11.6. The number of carboxylic acids is 2. The predicted molar refractivity (Wildman–Crippen MR) is 68.2 cm³/mol. The van der Waals surface area contributed by atoms with Gasteiger partial charge in [0, 0.05) is 5.38 Å². The van der Waals surface area contributed by atoms with Gasteiger partial charge in [-0.15, -0.1) is 11.3 Å². The average molecular weight is 369 g/mol. The predicted octanol–water partition coefficient (Wildman–Crippen LogP) is 1.01. The lowest BCUT2D eigenvalue weighted by Crippen LogP contribution is -2.42. The normalized spacial score (nSPS) is 11.8. The Kier molecular flexibility index (Phi) is 4.87. The highest BCUT2D eigenvalue weighted by Gasteiger charge is 2.23. The minimum Gasteiger partial charge on any atom is -0.481 e. The van der Waals surface area contributed by atoms with E-state index in [9.17, 15) is 14.4 Å². The third-order valence-corrected chi connectivity index (χ3v) is 3.60. The molecule has 1 aromatic heterocycles. The molecule has 92 valence electrons. The summed E-state index contributed by atoms with van der Waals surface area (Å²) in [5.74, 6) is -3.24. The van der Waals surface area contributed by atoms with Gasteiger partial charge in [-0.25, -0.2) is 4.79 Å². The Labute approximate surface area is 114 Å². The van der Waals surface area contributed by atoms with Gasteiger partial charge in [0.25, 0.3) is 5.91 Å². The van der Waals surface area contributed by atoms with Crippen molar-refractivity contribution in [3.8, 4) is 0 Å².